The van der Waals surface area contributed by atoms with Gasteiger partial charge in [-0.05, 0) is 6.42 Å². The zero-order valence-corrected chi connectivity index (χ0v) is 10.5. The van der Waals surface area contributed by atoms with Crippen LogP contribution in [0.1, 0.15) is 32.6 Å². The van der Waals surface area contributed by atoms with Crippen LogP contribution in [0.3, 0.4) is 0 Å². The third kappa shape index (κ3) is 3.36. The van der Waals surface area contributed by atoms with Gasteiger partial charge in [-0.3, -0.25) is 0 Å². The molecular weight excluding hydrogens is 329 g/mol. The highest BCUT2D eigenvalue weighted by atomic mass is 19.4. The molecule has 0 N–H and O–H groups in total. The van der Waals surface area contributed by atoms with Crippen molar-refractivity contribution in [3.05, 3.63) is 0 Å². The molecular formula is C10H11F11. The molecule has 0 aromatic heterocycles. The number of unbranched alkanes of at least 4 members (excludes halogenated alkanes) is 2. The molecule has 128 valence electrons. The molecule has 0 aliphatic carbocycles. The molecule has 21 heavy (non-hydrogen) atoms. The minimum Gasteiger partial charge on any atom is -0.200 e. The first-order valence-electron chi connectivity index (χ1n) is 5.64. The minimum atomic E-state index is -7.29. The fourth-order valence-electron chi connectivity index (χ4n) is 1.36. The minimum absolute atomic E-state index is 0.104. The van der Waals surface area contributed by atoms with Gasteiger partial charge in [0.25, 0.3) is 0 Å². The fourth-order valence-corrected chi connectivity index (χ4v) is 1.36. The number of rotatable bonds is 7. The zero-order chi connectivity index (χ0) is 17.3. The highest BCUT2D eigenvalue weighted by Gasteiger charge is 2.86. The standard InChI is InChI=1S/C10H11F11/c1-2-3-4-5-6(11,12)7(13,14)8(15,16)9(17,18)10(19,20)21/h2-5H2,1H3. The first kappa shape index (κ1) is 20.2. The number of halogens is 11. The van der Waals surface area contributed by atoms with Gasteiger partial charge in [-0.1, -0.05) is 19.8 Å². The first-order chi connectivity index (χ1) is 9.06. The molecule has 0 rings (SSSR count). The highest BCUT2D eigenvalue weighted by molar-refractivity contribution is 5.06. The second-order valence-electron chi connectivity index (χ2n) is 4.38. The average Bonchev–Trinajstić information content (AvgIpc) is 2.26. The third-order valence-electron chi connectivity index (χ3n) is 2.70. The molecule has 0 aliphatic rings. The van der Waals surface area contributed by atoms with Gasteiger partial charge in [0.2, 0.25) is 0 Å². The van der Waals surface area contributed by atoms with Gasteiger partial charge in [0, 0.05) is 6.42 Å². The Bertz CT molecular complexity index is 341. The van der Waals surface area contributed by atoms with Crippen molar-refractivity contribution in [3.8, 4) is 0 Å². The summed E-state index contributed by atoms with van der Waals surface area (Å²) in [5, 5.41) is 0. The van der Waals surface area contributed by atoms with Crippen molar-refractivity contribution in [2.75, 3.05) is 0 Å². The van der Waals surface area contributed by atoms with Crippen LogP contribution >= 0.6 is 0 Å². The summed E-state index contributed by atoms with van der Waals surface area (Å²) < 4.78 is 138. The Balaban J connectivity index is 5.55. The second kappa shape index (κ2) is 5.79. The Hall–Kier alpha value is -0.770. The molecule has 0 aromatic rings. The van der Waals surface area contributed by atoms with Crippen LogP contribution in [0.15, 0.2) is 0 Å². The van der Waals surface area contributed by atoms with Gasteiger partial charge >= 0.3 is 29.9 Å². The van der Waals surface area contributed by atoms with Gasteiger partial charge < -0.3 is 0 Å². The molecule has 0 bridgehead atoms. The van der Waals surface area contributed by atoms with E-state index in [9.17, 15) is 48.3 Å². The van der Waals surface area contributed by atoms with Gasteiger partial charge in [0.15, 0.2) is 0 Å². The highest BCUT2D eigenvalue weighted by Crippen LogP contribution is 2.58. The summed E-state index contributed by atoms with van der Waals surface area (Å²) in [6.45, 7) is 1.45. The molecule has 0 nitrogen and oxygen atoms in total. The summed E-state index contributed by atoms with van der Waals surface area (Å²) in [6, 6.07) is 0. The van der Waals surface area contributed by atoms with Crippen molar-refractivity contribution >= 4 is 0 Å². The maximum atomic E-state index is 13.0. The molecule has 0 atom stereocenters. The predicted molar refractivity (Wildman–Crippen MR) is 50.0 cm³/mol. The van der Waals surface area contributed by atoms with Crippen molar-refractivity contribution in [2.24, 2.45) is 0 Å². The number of hydrogen-bond donors (Lipinski definition) is 0. The van der Waals surface area contributed by atoms with E-state index in [4.69, 9.17) is 0 Å². The molecule has 0 saturated carbocycles. The van der Waals surface area contributed by atoms with Crippen LogP contribution in [0.5, 0.6) is 0 Å². The van der Waals surface area contributed by atoms with Crippen molar-refractivity contribution in [1.29, 1.82) is 0 Å². The van der Waals surface area contributed by atoms with E-state index < -0.39 is 42.7 Å². The van der Waals surface area contributed by atoms with E-state index in [1.54, 1.807) is 0 Å². The normalized spacial score (nSPS) is 15.4. The van der Waals surface area contributed by atoms with Gasteiger partial charge in [-0.2, -0.15) is 48.3 Å². The van der Waals surface area contributed by atoms with E-state index in [2.05, 4.69) is 0 Å². The van der Waals surface area contributed by atoms with E-state index in [1.165, 1.54) is 6.92 Å². The molecule has 11 heteroatoms. The van der Waals surface area contributed by atoms with Crippen LogP contribution in [-0.2, 0) is 0 Å². The smallest absolute Gasteiger partial charge is 0.200 e. The predicted octanol–water partition coefficient (Wildman–Crippen LogP) is 5.67. The zero-order valence-electron chi connectivity index (χ0n) is 10.5. The van der Waals surface area contributed by atoms with E-state index in [0.29, 0.717) is 0 Å². The molecule has 0 saturated heterocycles. The molecule has 0 radical (unpaired) electrons. The summed E-state index contributed by atoms with van der Waals surface area (Å²) in [7, 11) is 0. The van der Waals surface area contributed by atoms with Gasteiger partial charge in [-0.25, -0.2) is 0 Å². The SMILES string of the molecule is CCCCCC(F)(F)C(F)(F)C(F)(F)C(F)(F)C(F)(F)F. The summed E-state index contributed by atoms with van der Waals surface area (Å²) in [4.78, 5) is 0. The molecule has 0 fully saturated rings. The van der Waals surface area contributed by atoms with Gasteiger partial charge in [0.1, 0.15) is 0 Å². The third-order valence-corrected chi connectivity index (χ3v) is 2.70. The van der Waals surface area contributed by atoms with Crippen LogP contribution in [0.2, 0.25) is 0 Å². The van der Waals surface area contributed by atoms with E-state index in [-0.39, 0.29) is 12.8 Å². The quantitative estimate of drug-likeness (QED) is 0.414. The Morgan fingerprint density at radius 3 is 1.33 bits per heavy atom. The molecule has 0 heterocycles. The summed E-state index contributed by atoms with van der Waals surface area (Å²) in [5.74, 6) is -27.1. The Morgan fingerprint density at radius 2 is 1.00 bits per heavy atom. The van der Waals surface area contributed by atoms with Crippen LogP contribution < -0.4 is 0 Å². The van der Waals surface area contributed by atoms with E-state index >= 15 is 0 Å². The molecule has 0 aliphatic heterocycles. The van der Waals surface area contributed by atoms with Crippen LogP contribution in [0, 0.1) is 0 Å². The number of hydrogen-bond acceptors (Lipinski definition) is 0. The van der Waals surface area contributed by atoms with Crippen molar-refractivity contribution in [3.63, 3.8) is 0 Å². The monoisotopic (exact) mass is 340 g/mol. The summed E-state index contributed by atoms with van der Waals surface area (Å²) in [5.41, 5.74) is 0. The Labute approximate surface area is 112 Å². The Kier molecular flexibility index (Phi) is 5.58. The van der Waals surface area contributed by atoms with Crippen molar-refractivity contribution in [1.82, 2.24) is 0 Å². The summed E-state index contributed by atoms with van der Waals surface area (Å²) >= 11 is 0. The fraction of sp³-hybridized carbons (Fsp3) is 1.00. The van der Waals surface area contributed by atoms with E-state index in [0.717, 1.165) is 0 Å². The van der Waals surface area contributed by atoms with Gasteiger partial charge in [-0.15, -0.1) is 0 Å². The lowest BCUT2D eigenvalue weighted by molar-refractivity contribution is -0.422. The maximum Gasteiger partial charge on any atom is 0.460 e. The average molecular weight is 340 g/mol. The summed E-state index contributed by atoms with van der Waals surface area (Å²) in [6.07, 6.45) is -9.65. The number of alkyl halides is 11. The lowest BCUT2D eigenvalue weighted by Crippen LogP contribution is -2.66. The van der Waals surface area contributed by atoms with Crippen LogP contribution in [0.4, 0.5) is 48.3 Å². The molecule has 0 unspecified atom stereocenters. The Morgan fingerprint density at radius 1 is 0.571 bits per heavy atom. The van der Waals surface area contributed by atoms with E-state index in [1.807, 2.05) is 0 Å². The lowest BCUT2D eigenvalue weighted by atomic mass is 9.94. The molecule has 0 aromatic carbocycles. The van der Waals surface area contributed by atoms with Crippen LogP contribution in [-0.4, -0.2) is 29.9 Å². The molecule has 0 spiro atoms. The lowest BCUT2D eigenvalue weighted by Gasteiger charge is -2.37. The van der Waals surface area contributed by atoms with Gasteiger partial charge in [0.05, 0.1) is 0 Å². The van der Waals surface area contributed by atoms with Crippen molar-refractivity contribution in [2.45, 2.75) is 62.5 Å². The second-order valence-corrected chi connectivity index (χ2v) is 4.38. The molecule has 0 amide bonds. The maximum absolute atomic E-state index is 13.0. The first-order valence-corrected chi connectivity index (χ1v) is 5.64. The topological polar surface area (TPSA) is 0 Å². The van der Waals surface area contributed by atoms with Crippen LogP contribution in [0.25, 0.3) is 0 Å². The largest absolute Gasteiger partial charge is 0.460 e. The van der Waals surface area contributed by atoms with Crippen molar-refractivity contribution < 1.29 is 48.3 Å².